The fourth-order valence-electron chi connectivity index (χ4n) is 0.610. The first-order chi connectivity index (χ1) is 4.75. The zero-order chi connectivity index (χ0) is 7.56. The van der Waals surface area contributed by atoms with Crippen molar-refractivity contribution in [2.45, 2.75) is 0 Å². The summed E-state index contributed by atoms with van der Waals surface area (Å²) in [6, 6.07) is 0. The highest BCUT2D eigenvalue weighted by molar-refractivity contribution is 5.49. The number of imidazole rings is 1. The van der Waals surface area contributed by atoms with Crippen LogP contribution in [0.4, 0.5) is 11.6 Å². The van der Waals surface area contributed by atoms with Crippen molar-refractivity contribution in [2.24, 2.45) is 0 Å². The van der Waals surface area contributed by atoms with Crippen molar-refractivity contribution < 1.29 is 4.92 Å². The fourth-order valence-corrected chi connectivity index (χ4v) is 0.610. The van der Waals surface area contributed by atoms with Gasteiger partial charge in [0.1, 0.15) is 0 Å². The minimum absolute atomic E-state index is 0.109. The van der Waals surface area contributed by atoms with Gasteiger partial charge in [0, 0.05) is 7.05 Å². The van der Waals surface area contributed by atoms with Crippen molar-refractivity contribution in [3.05, 3.63) is 16.4 Å². The van der Waals surface area contributed by atoms with Gasteiger partial charge in [-0.2, -0.15) is 4.98 Å². The Hall–Kier alpha value is -1.59. The van der Waals surface area contributed by atoms with E-state index in [4.69, 9.17) is 0 Å². The van der Waals surface area contributed by atoms with Crippen LogP contribution in [0.1, 0.15) is 0 Å². The molecular weight excluding hydrogens is 136 g/mol. The molecule has 0 unspecified atom stereocenters. The van der Waals surface area contributed by atoms with E-state index in [1.807, 2.05) is 0 Å². The number of nitrogens with zero attached hydrogens (tertiary/aromatic N) is 2. The predicted octanol–water partition coefficient (Wildman–Crippen LogP) is 0.360. The van der Waals surface area contributed by atoms with Crippen LogP contribution >= 0.6 is 0 Å². The Morgan fingerprint density at radius 1 is 1.90 bits per heavy atom. The number of anilines is 1. The van der Waals surface area contributed by atoms with E-state index in [-0.39, 0.29) is 11.6 Å². The van der Waals surface area contributed by atoms with Gasteiger partial charge in [-0.3, -0.25) is 0 Å². The summed E-state index contributed by atoms with van der Waals surface area (Å²) >= 11 is 0. The molecule has 0 atom stereocenters. The molecule has 0 aliphatic carbocycles. The van der Waals surface area contributed by atoms with Gasteiger partial charge in [0.25, 0.3) is 0 Å². The fraction of sp³-hybridized carbons (Fsp3) is 0.250. The van der Waals surface area contributed by atoms with Crippen LogP contribution in [0.5, 0.6) is 0 Å². The number of aromatic amines is 1. The number of rotatable bonds is 2. The van der Waals surface area contributed by atoms with Gasteiger partial charge in [-0.25, -0.2) is 4.98 Å². The normalized spacial score (nSPS) is 9.30. The molecule has 6 nitrogen and oxygen atoms in total. The second-order valence-corrected chi connectivity index (χ2v) is 1.61. The number of hydrogen-bond acceptors (Lipinski definition) is 4. The Balaban J connectivity index is 3.01. The van der Waals surface area contributed by atoms with E-state index in [0.29, 0.717) is 0 Å². The molecular formula is C4H6N4O2. The molecule has 0 aromatic carbocycles. The molecule has 0 saturated carbocycles. The third-order valence-corrected chi connectivity index (χ3v) is 1.04. The molecule has 0 bridgehead atoms. The van der Waals surface area contributed by atoms with Gasteiger partial charge in [-0.15, -0.1) is 0 Å². The monoisotopic (exact) mass is 142 g/mol. The predicted molar refractivity (Wildman–Crippen MR) is 34.8 cm³/mol. The molecule has 0 saturated heterocycles. The van der Waals surface area contributed by atoms with Crippen molar-refractivity contribution in [3.63, 3.8) is 0 Å². The smallest absolute Gasteiger partial charge is 0.364 e. The van der Waals surface area contributed by atoms with Crippen LogP contribution in [0.15, 0.2) is 6.33 Å². The maximum absolute atomic E-state index is 10.1. The molecule has 0 fully saturated rings. The highest BCUT2D eigenvalue weighted by atomic mass is 16.6. The van der Waals surface area contributed by atoms with Crippen LogP contribution in [0.25, 0.3) is 0 Å². The topological polar surface area (TPSA) is 83.8 Å². The van der Waals surface area contributed by atoms with E-state index in [0.717, 1.165) is 0 Å². The van der Waals surface area contributed by atoms with E-state index in [9.17, 15) is 10.1 Å². The highest BCUT2D eigenvalue weighted by Gasteiger charge is 2.11. The van der Waals surface area contributed by atoms with Crippen molar-refractivity contribution in [2.75, 3.05) is 12.4 Å². The largest absolute Gasteiger partial charge is 0.366 e. The SMILES string of the molecule is CNc1nc[nH]c1[N+](=O)[O-]. The number of hydrogen-bond donors (Lipinski definition) is 2. The molecule has 1 heterocycles. The minimum Gasteiger partial charge on any atom is -0.366 e. The molecule has 6 heteroatoms. The number of nitro groups is 1. The van der Waals surface area contributed by atoms with Gasteiger partial charge >= 0.3 is 5.82 Å². The molecule has 0 aliphatic rings. The molecule has 0 spiro atoms. The van der Waals surface area contributed by atoms with Crippen molar-refractivity contribution in [3.8, 4) is 0 Å². The maximum Gasteiger partial charge on any atom is 0.364 e. The molecule has 1 aromatic heterocycles. The zero-order valence-corrected chi connectivity index (χ0v) is 5.29. The van der Waals surface area contributed by atoms with E-state index in [2.05, 4.69) is 15.3 Å². The number of H-pyrrole nitrogens is 1. The lowest BCUT2D eigenvalue weighted by Crippen LogP contribution is -1.94. The lowest BCUT2D eigenvalue weighted by atomic mass is 10.6. The Labute approximate surface area is 56.4 Å². The third-order valence-electron chi connectivity index (χ3n) is 1.04. The molecule has 54 valence electrons. The van der Waals surface area contributed by atoms with Crippen LogP contribution in [0.3, 0.4) is 0 Å². The number of nitrogens with one attached hydrogen (secondary N) is 2. The van der Waals surface area contributed by atoms with E-state index in [1.165, 1.54) is 6.33 Å². The third kappa shape index (κ3) is 0.903. The van der Waals surface area contributed by atoms with E-state index < -0.39 is 4.92 Å². The van der Waals surface area contributed by atoms with Gasteiger partial charge in [0.15, 0.2) is 6.33 Å². The summed E-state index contributed by atoms with van der Waals surface area (Å²) in [6.07, 6.45) is 1.27. The van der Waals surface area contributed by atoms with E-state index >= 15 is 0 Å². The van der Waals surface area contributed by atoms with Crippen LogP contribution in [0, 0.1) is 10.1 Å². The van der Waals surface area contributed by atoms with E-state index in [1.54, 1.807) is 7.05 Å². The zero-order valence-electron chi connectivity index (χ0n) is 5.29. The maximum atomic E-state index is 10.1. The summed E-state index contributed by atoms with van der Waals surface area (Å²) in [7, 11) is 1.57. The van der Waals surface area contributed by atoms with Gasteiger partial charge in [0.05, 0.1) is 0 Å². The second-order valence-electron chi connectivity index (χ2n) is 1.61. The molecule has 0 aliphatic heterocycles. The summed E-state index contributed by atoms with van der Waals surface area (Å²) in [5, 5.41) is 12.7. The average molecular weight is 142 g/mol. The quantitative estimate of drug-likeness (QED) is 0.461. The van der Waals surface area contributed by atoms with Crippen molar-refractivity contribution >= 4 is 11.6 Å². The van der Waals surface area contributed by atoms with Crippen LogP contribution in [-0.4, -0.2) is 21.9 Å². The first kappa shape index (κ1) is 6.53. The first-order valence-electron chi connectivity index (χ1n) is 2.61. The lowest BCUT2D eigenvalue weighted by Gasteiger charge is -1.92. The standard InChI is InChI=1S/C4H6N4O2/c1-5-3-4(8(9)10)7-2-6-3/h2,5H,1H3,(H,6,7). The van der Waals surface area contributed by atoms with Crippen LogP contribution < -0.4 is 5.32 Å². The van der Waals surface area contributed by atoms with Crippen molar-refractivity contribution in [1.82, 2.24) is 9.97 Å². The summed E-state index contributed by atoms with van der Waals surface area (Å²) in [6.45, 7) is 0. The Bertz CT molecular complexity index is 243. The average Bonchev–Trinajstić information content (AvgIpc) is 2.33. The molecule has 10 heavy (non-hydrogen) atoms. The van der Waals surface area contributed by atoms with Gasteiger partial charge in [-0.05, 0) is 4.92 Å². The molecule has 0 amide bonds. The molecule has 0 radical (unpaired) electrons. The summed E-state index contributed by atoms with van der Waals surface area (Å²) in [4.78, 5) is 15.6. The lowest BCUT2D eigenvalue weighted by molar-refractivity contribution is -0.388. The summed E-state index contributed by atoms with van der Waals surface area (Å²) in [5.74, 6) is 0.146. The van der Waals surface area contributed by atoms with Gasteiger partial charge in [0.2, 0.25) is 5.82 Å². The Kier molecular flexibility index (Phi) is 1.53. The minimum atomic E-state index is -0.529. The number of aromatic nitrogens is 2. The Morgan fingerprint density at radius 2 is 2.60 bits per heavy atom. The van der Waals surface area contributed by atoms with Crippen LogP contribution in [0.2, 0.25) is 0 Å². The summed E-state index contributed by atoms with van der Waals surface area (Å²) in [5.41, 5.74) is 0. The van der Waals surface area contributed by atoms with Gasteiger partial charge in [-0.1, -0.05) is 0 Å². The molecule has 1 rings (SSSR count). The highest BCUT2D eigenvalue weighted by Crippen LogP contribution is 2.16. The van der Waals surface area contributed by atoms with Crippen LogP contribution in [-0.2, 0) is 0 Å². The second kappa shape index (κ2) is 2.34. The van der Waals surface area contributed by atoms with Gasteiger partial charge < -0.3 is 15.4 Å². The molecule has 2 N–H and O–H groups in total. The summed E-state index contributed by atoms with van der Waals surface area (Å²) < 4.78 is 0. The Morgan fingerprint density at radius 3 is 3.00 bits per heavy atom. The molecule has 1 aromatic rings. The first-order valence-corrected chi connectivity index (χ1v) is 2.61. The van der Waals surface area contributed by atoms with Crippen molar-refractivity contribution in [1.29, 1.82) is 0 Å².